The van der Waals surface area contributed by atoms with E-state index in [1.54, 1.807) is 21.3 Å². The van der Waals surface area contributed by atoms with Crippen LogP contribution in [-0.2, 0) is 0 Å². The highest BCUT2D eigenvalue weighted by Crippen LogP contribution is 2.41. The molecule has 0 unspecified atom stereocenters. The number of methoxy groups -OCH3 is 3. The first-order valence-electron chi connectivity index (χ1n) is 8.08. The first-order valence-corrected chi connectivity index (χ1v) is 8.08. The second-order valence-corrected chi connectivity index (χ2v) is 5.77. The van der Waals surface area contributed by atoms with E-state index in [9.17, 15) is 0 Å². The summed E-state index contributed by atoms with van der Waals surface area (Å²) in [6.07, 6.45) is 1.92. The van der Waals surface area contributed by atoms with Crippen LogP contribution in [0.25, 0.3) is 33.5 Å². The molecule has 0 amide bonds. The van der Waals surface area contributed by atoms with Crippen molar-refractivity contribution in [3.8, 4) is 39.8 Å². The molecule has 0 spiro atoms. The van der Waals surface area contributed by atoms with Crippen LogP contribution in [0.15, 0.2) is 53.2 Å². The average molecular weight is 350 g/mol. The van der Waals surface area contributed by atoms with Gasteiger partial charge in [-0.15, -0.1) is 0 Å². The van der Waals surface area contributed by atoms with Crippen molar-refractivity contribution in [1.82, 2.24) is 10.1 Å². The van der Waals surface area contributed by atoms with Gasteiger partial charge in [-0.05, 0) is 30.3 Å². The van der Waals surface area contributed by atoms with Crippen LogP contribution in [0.5, 0.6) is 17.2 Å². The molecule has 4 aromatic rings. The van der Waals surface area contributed by atoms with E-state index in [0.717, 1.165) is 27.7 Å². The van der Waals surface area contributed by atoms with Crippen LogP contribution < -0.4 is 14.2 Å². The number of hydrogen-bond donors (Lipinski definition) is 1. The third kappa shape index (κ3) is 2.65. The maximum Gasteiger partial charge on any atom is 0.203 e. The molecule has 0 aliphatic heterocycles. The molecule has 4 rings (SSSR count). The van der Waals surface area contributed by atoms with E-state index in [1.807, 2.05) is 42.6 Å². The van der Waals surface area contributed by atoms with Gasteiger partial charge in [-0.2, -0.15) is 0 Å². The summed E-state index contributed by atoms with van der Waals surface area (Å²) in [5.41, 5.74) is 3.62. The van der Waals surface area contributed by atoms with Gasteiger partial charge in [0.25, 0.3) is 0 Å². The van der Waals surface area contributed by atoms with E-state index in [-0.39, 0.29) is 0 Å². The lowest BCUT2D eigenvalue weighted by molar-refractivity contribution is 0.324. The summed E-state index contributed by atoms with van der Waals surface area (Å²) in [7, 11) is 4.74. The van der Waals surface area contributed by atoms with Crippen molar-refractivity contribution in [2.24, 2.45) is 0 Å². The van der Waals surface area contributed by atoms with Gasteiger partial charge in [0.05, 0.1) is 21.3 Å². The van der Waals surface area contributed by atoms with Crippen molar-refractivity contribution in [3.63, 3.8) is 0 Å². The van der Waals surface area contributed by atoms with Crippen molar-refractivity contribution in [3.05, 3.63) is 48.7 Å². The Hall–Kier alpha value is -3.41. The Kier molecular flexibility index (Phi) is 4.01. The quantitative estimate of drug-likeness (QED) is 0.573. The molecular formula is C20H18N2O4. The number of nitrogens with one attached hydrogen (secondary N) is 1. The summed E-state index contributed by atoms with van der Waals surface area (Å²) < 4.78 is 21.7. The fraction of sp³-hybridized carbons (Fsp3) is 0.150. The Morgan fingerprint density at radius 3 is 2.31 bits per heavy atom. The van der Waals surface area contributed by atoms with E-state index in [4.69, 9.17) is 18.7 Å². The van der Waals surface area contributed by atoms with Crippen LogP contribution in [-0.4, -0.2) is 31.5 Å². The second-order valence-electron chi connectivity index (χ2n) is 5.77. The number of aromatic nitrogens is 2. The van der Waals surface area contributed by atoms with Crippen LogP contribution in [0.3, 0.4) is 0 Å². The zero-order valence-corrected chi connectivity index (χ0v) is 14.7. The van der Waals surface area contributed by atoms with Gasteiger partial charge in [-0.1, -0.05) is 11.2 Å². The lowest BCUT2D eigenvalue weighted by Gasteiger charge is -2.12. The van der Waals surface area contributed by atoms with Gasteiger partial charge in [0.15, 0.2) is 17.3 Å². The zero-order valence-electron chi connectivity index (χ0n) is 14.7. The second kappa shape index (κ2) is 6.48. The number of rotatable bonds is 5. The molecule has 6 heteroatoms. The number of benzene rings is 2. The molecule has 2 heterocycles. The average Bonchev–Trinajstić information content (AvgIpc) is 3.35. The van der Waals surface area contributed by atoms with Crippen molar-refractivity contribution >= 4 is 10.9 Å². The van der Waals surface area contributed by atoms with Crippen LogP contribution >= 0.6 is 0 Å². The normalized spacial score (nSPS) is 10.9. The summed E-state index contributed by atoms with van der Waals surface area (Å²) >= 11 is 0. The van der Waals surface area contributed by atoms with Crippen molar-refractivity contribution in [2.75, 3.05) is 21.3 Å². The lowest BCUT2D eigenvalue weighted by atomic mass is 10.1. The van der Waals surface area contributed by atoms with E-state index >= 15 is 0 Å². The largest absolute Gasteiger partial charge is 0.493 e. The molecule has 6 nitrogen and oxygen atoms in total. The summed E-state index contributed by atoms with van der Waals surface area (Å²) in [6.45, 7) is 0. The highest BCUT2D eigenvalue weighted by atomic mass is 16.5. The Morgan fingerprint density at radius 1 is 0.846 bits per heavy atom. The SMILES string of the molecule is COc1cc(-c2cc(-c3ccc4[nH]ccc4c3)no2)cc(OC)c1OC. The van der Waals surface area contributed by atoms with E-state index in [2.05, 4.69) is 16.2 Å². The number of aromatic amines is 1. The molecule has 0 saturated heterocycles. The predicted octanol–water partition coefficient (Wildman–Crippen LogP) is 4.52. The summed E-state index contributed by atoms with van der Waals surface area (Å²) in [5.74, 6) is 2.28. The maximum absolute atomic E-state index is 5.56. The molecule has 26 heavy (non-hydrogen) atoms. The highest BCUT2D eigenvalue weighted by molar-refractivity contribution is 5.84. The topological polar surface area (TPSA) is 69.5 Å². The van der Waals surface area contributed by atoms with Crippen LogP contribution in [0.2, 0.25) is 0 Å². The molecule has 2 aromatic heterocycles. The smallest absolute Gasteiger partial charge is 0.203 e. The fourth-order valence-electron chi connectivity index (χ4n) is 2.98. The van der Waals surface area contributed by atoms with Crippen LogP contribution in [0.1, 0.15) is 0 Å². The summed E-state index contributed by atoms with van der Waals surface area (Å²) in [6, 6.07) is 13.7. The Labute approximate surface area is 150 Å². The minimum Gasteiger partial charge on any atom is -0.493 e. The first kappa shape index (κ1) is 16.1. The van der Waals surface area contributed by atoms with Crippen LogP contribution in [0.4, 0.5) is 0 Å². The molecule has 0 aliphatic carbocycles. The number of H-pyrrole nitrogens is 1. The molecule has 0 bridgehead atoms. The molecule has 0 radical (unpaired) electrons. The highest BCUT2D eigenvalue weighted by Gasteiger charge is 2.17. The van der Waals surface area contributed by atoms with E-state index in [1.165, 1.54) is 0 Å². The number of nitrogens with zero attached hydrogens (tertiary/aromatic N) is 1. The molecule has 0 atom stereocenters. The van der Waals surface area contributed by atoms with E-state index < -0.39 is 0 Å². The zero-order chi connectivity index (χ0) is 18.1. The Morgan fingerprint density at radius 2 is 1.62 bits per heavy atom. The number of ether oxygens (including phenoxy) is 3. The van der Waals surface area contributed by atoms with Gasteiger partial charge in [-0.25, -0.2) is 0 Å². The monoisotopic (exact) mass is 350 g/mol. The van der Waals surface area contributed by atoms with E-state index in [0.29, 0.717) is 23.0 Å². The molecule has 132 valence electrons. The third-order valence-electron chi connectivity index (χ3n) is 4.31. The number of fused-ring (bicyclic) bond motifs is 1. The van der Waals surface area contributed by atoms with Crippen molar-refractivity contribution in [2.45, 2.75) is 0 Å². The third-order valence-corrected chi connectivity index (χ3v) is 4.31. The van der Waals surface area contributed by atoms with Gasteiger partial charge in [-0.3, -0.25) is 0 Å². The van der Waals surface area contributed by atoms with Crippen molar-refractivity contribution in [1.29, 1.82) is 0 Å². The standard InChI is InChI=1S/C20H18N2O4/c1-23-18-9-14(10-19(24-2)20(18)25-3)17-11-16(22-26-17)12-4-5-15-13(8-12)6-7-21-15/h4-11,21H,1-3H3. The minimum atomic E-state index is 0.538. The lowest BCUT2D eigenvalue weighted by Crippen LogP contribution is -1.95. The number of hydrogen-bond acceptors (Lipinski definition) is 5. The molecule has 2 aromatic carbocycles. The molecule has 1 N–H and O–H groups in total. The molecule has 0 fully saturated rings. The summed E-state index contributed by atoms with van der Waals surface area (Å²) in [5, 5.41) is 5.33. The van der Waals surface area contributed by atoms with Gasteiger partial charge >= 0.3 is 0 Å². The maximum atomic E-state index is 5.56. The predicted molar refractivity (Wildman–Crippen MR) is 98.9 cm³/mol. The molecule has 0 aliphatic rings. The fourth-order valence-corrected chi connectivity index (χ4v) is 2.98. The summed E-state index contributed by atoms with van der Waals surface area (Å²) in [4.78, 5) is 3.18. The first-order chi connectivity index (χ1) is 12.7. The molecule has 0 saturated carbocycles. The van der Waals surface area contributed by atoms with Gasteiger partial charge < -0.3 is 23.7 Å². The van der Waals surface area contributed by atoms with Crippen molar-refractivity contribution < 1.29 is 18.7 Å². The van der Waals surface area contributed by atoms with Gasteiger partial charge in [0.1, 0.15) is 5.69 Å². The van der Waals surface area contributed by atoms with Gasteiger partial charge in [0.2, 0.25) is 5.75 Å². The Balaban J connectivity index is 1.75. The van der Waals surface area contributed by atoms with Crippen LogP contribution in [0, 0.1) is 0 Å². The Bertz CT molecular complexity index is 1040. The molecular weight excluding hydrogens is 332 g/mol. The minimum absolute atomic E-state index is 0.538. The van der Waals surface area contributed by atoms with Gasteiger partial charge in [0, 0.05) is 34.3 Å².